The first kappa shape index (κ1) is 12.1. The summed E-state index contributed by atoms with van der Waals surface area (Å²) in [5, 5.41) is 5.37. The van der Waals surface area contributed by atoms with Crippen molar-refractivity contribution in [1.82, 2.24) is 15.5 Å². The Labute approximate surface area is 90.2 Å². The van der Waals surface area contributed by atoms with Crippen LogP contribution in [0.5, 0.6) is 0 Å². The molecule has 1 saturated heterocycles. The van der Waals surface area contributed by atoms with Gasteiger partial charge in [-0.15, -0.1) is 0 Å². The van der Waals surface area contributed by atoms with Gasteiger partial charge in [-0.05, 0) is 13.1 Å². The largest absolute Gasteiger partial charge is 0.304 e. The Kier molecular flexibility index (Phi) is 4.71. The first-order valence-electron chi connectivity index (χ1n) is 5.46. The van der Waals surface area contributed by atoms with E-state index in [1.165, 1.54) is 0 Å². The topological polar surface area (TPSA) is 61.4 Å². The number of hydrogen-bond donors (Lipinski definition) is 2. The molecule has 0 spiro atoms. The molecule has 5 nitrogen and oxygen atoms in total. The SMILES string of the molecule is CCN(CC)CCNC1CC(=O)NC1=O. The van der Waals surface area contributed by atoms with Crippen LogP contribution in [0.4, 0.5) is 0 Å². The Morgan fingerprint density at radius 1 is 1.40 bits per heavy atom. The van der Waals surface area contributed by atoms with Crippen molar-refractivity contribution in [2.75, 3.05) is 26.2 Å². The van der Waals surface area contributed by atoms with E-state index in [2.05, 4.69) is 29.4 Å². The van der Waals surface area contributed by atoms with Gasteiger partial charge >= 0.3 is 0 Å². The van der Waals surface area contributed by atoms with Crippen LogP contribution >= 0.6 is 0 Å². The van der Waals surface area contributed by atoms with Crippen LogP contribution in [0.2, 0.25) is 0 Å². The Morgan fingerprint density at radius 2 is 2.07 bits per heavy atom. The first-order chi connectivity index (χ1) is 7.17. The van der Waals surface area contributed by atoms with Crippen LogP contribution in [0, 0.1) is 0 Å². The third-order valence-electron chi connectivity index (χ3n) is 2.68. The van der Waals surface area contributed by atoms with Gasteiger partial charge in [0.05, 0.1) is 12.5 Å². The van der Waals surface area contributed by atoms with Crippen molar-refractivity contribution >= 4 is 11.8 Å². The number of likely N-dealkylation sites (N-methyl/N-ethyl adjacent to an activating group) is 1. The van der Waals surface area contributed by atoms with Crippen LogP contribution in [0.15, 0.2) is 0 Å². The fourth-order valence-electron chi connectivity index (χ4n) is 1.66. The molecular weight excluding hydrogens is 194 g/mol. The van der Waals surface area contributed by atoms with E-state index in [0.29, 0.717) is 0 Å². The molecule has 1 heterocycles. The second-order valence-electron chi connectivity index (χ2n) is 3.65. The smallest absolute Gasteiger partial charge is 0.244 e. The average Bonchev–Trinajstić information content (AvgIpc) is 2.52. The Balaban J connectivity index is 2.20. The predicted octanol–water partition coefficient (Wildman–Crippen LogP) is -0.667. The van der Waals surface area contributed by atoms with E-state index in [4.69, 9.17) is 0 Å². The van der Waals surface area contributed by atoms with E-state index in [1.54, 1.807) is 0 Å². The van der Waals surface area contributed by atoms with Crippen LogP contribution in [-0.2, 0) is 9.59 Å². The summed E-state index contributed by atoms with van der Waals surface area (Å²) in [7, 11) is 0. The lowest BCUT2D eigenvalue weighted by molar-refractivity contribution is -0.125. The van der Waals surface area contributed by atoms with Crippen LogP contribution in [-0.4, -0.2) is 48.9 Å². The van der Waals surface area contributed by atoms with Crippen molar-refractivity contribution in [2.45, 2.75) is 26.3 Å². The highest BCUT2D eigenvalue weighted by atomic mass is 16.2. The number of nitrogens with one attached hydrogen (secondary N) is 2. The fourth-order valence-corrected chi connectivity index (χ4v) is 1.66. The lowest BCUT2D eigenvalue weighted by Gasteiger charge is -2.19. The van der Waals surface area contributed by atoms with E-state index in [9.17, 15) is 9.59 Å². The van der Waals surface area contributed by atoms with Gasteiger partial charge in [0.2, 0.25) is 11.8 Å². The number of hydrogen-bond acceptors (Lipinski definition) is 4. The van der Waals surface area contributed by atoms with Crippen molar-refractivity contribution in [3.63, 3.8) is 0 Å². The van der Waals surface area contributed by atoms with Crippen molar-refractivity contribution in [2.24, 2.45) is 0 Å². The second kappa shape index (κ2) is 5.82. The Morgan fingerprint density at radius 3 is 2.53 bits per heavy atom. The summed E-state index contributed by atoms with van der Waals surface area (Å²) in [6.45, 7) is 7.88. The minimum atomic E-state index is -0.326. The van der Waals surface area contributed by atoms with Crippen LogP contribution in [0.3, 0.4) is 0 Å². The molecule has 0 aromatic carbocycles. The minimum Gasteiger partial charge on any atom is -0.304 e. The summed E-state index contributed by atoms with van der Waals surface area (Å²) in [5.74, 6) is -0.375. The summed E-state index contributed by atoms with van der Waals surface area (Å²) in [5.41, 5.74) is 0. The zero-order valence-corrected chi connectivity index (χ0v) is 9.38. The van der Waals surface area contributed by atoms with Gasteiger partial charge in [-0.2, -0.15) is 0 Å². The second-order valence-corrected chi connectivity index (χ2v) is 3.65. The van der Waals surface area contributed by atoms with Gasteiger partial charge in [-0.25, -0.2) is 0 Å². The molecule has 1 rings (SSSR count). The molecule has 1 aliphatic rings. The van der Waals surface area contributed by atoms with Crippen LogP contribution in [0.25, 0.3) is 0 Å². The van der Waals surface area contributed by atoms with Crippen LogP contribution < -0.4 is 10.6 Å². The molecule has 1 atom stereocenters. The van der Waals surface area contributed by atoms with Gasteiger partial charge in [0.25, 0.3) is 0 Å². The standard InChI is InChI=1S/C10H19N3O2/c1-3-13(4-2)6-5-11-8-7-9(14)12-10(8)15/h8,11H,3-7H2,1-2H3,(H,12,14,15). The lowest BCUT2D eigenvalue weighted by atomic mass is 10.2. The van der Waals surface area contributed by atoms with E-state index in [-0.39, 0.29) is 24.3 Å². The summed E-state index contributed by atoms with van der Waals surface area (Å²) in [4.78, 5) is 24.3. The number of rotatable bonds is 6. The molecule has 0 radical (unpaired) electrons. The van der Waals surface area contributed by atoms with Gasteiger partial charge in [0.15, 0.2) is 0 Å². The zero-order valence-electron chi connectivity index (χ0n) is 9.38. The Bertz CT molecular complexity index is 239. The van der Waals surface area contributed by atoms with E-state index >= 15 is 0 Å². The van der Waals surface area contributed by atoms with Gasteiger partial charge in [0.1, 0.15) is 0 Å². The molecule has 0 aliphatic carbocycles. The van der Waals surface area contributed by atoms with Gasteiger partial charge < -0.3 is 10.2 Å². The predicted molar refractivity (Wildman–Crippen MR) is 57.3 cm³/mol. The highest BCUT2D eigenvalue weighted by Gasteiger charge is 2.29. The molecule has 2 N–H and O–H groups in total. The normalized spacial score (nSPS) is 21.1. The van der Waals surface area contributed by atoms with Crippen molar-refractivity contribution in [1.29, 1.82) is 0 Å². The third-order valence-corrected chi connectivity index (χ3v) is 2.68. The maximum atomic E-state index is 11.2. The molecule has 0 saturated carbocycles. The monoisotopic (exact) mass is 213 g/mol. The third kappa shape index (κ3) is 3.60. The molecular formula is C10H19N3O2. The Hall–Kier alpha value is -0.940. The molecule has 15 heavy (non-hydrogen) atoms. The van der Waals surface area contributed by atoms with Gasteiger partial charge in [0, 0.05) is 13.1 Å². The molecule has 0 bridgehead atoms. The van der Waals surface area contributed by atoms with Gasteiger partial charge in [-0.1, -0.05) is 13.8 Å². The van der Waals surface area contributed by atoms with Crippen molar-refractivity contribution in [3.8, 4) is 0 Å². The van der Waals surface area contributed by atoms with E-state index in [0.717, 1.165) is 26.2 Å². The molecule has 86 valence electrons. The molecule has 0 aromatic rings. The number of imide groups is 1. The quantitative estimate of drug-likeness (QED) is 0.575. The van der Waals surface area contributed by atoms with Crippen LogP contribution in [0.1, 0.15) is 20.3 Å². The molecule has 5 heteroatoms. The van der Waals surface area contributed by atoms with Crippen molar-refractivity contribution in [3.05, 3.63) is 0 Å². The van der Waals surface area contributed by atoms with Gasteiger partial charge in [-0.3, -0.25) is 14.9 Å². The summed E-state index contributed by atoms with van der Waals surface area (Å²) in [6, 6.07) is -0.326. The fraction of sp³-hybridized carbons (Fsp3) is 0.800. The number of amides is 2. The lowest BCUT2D eigenvalue weighted by Crippen LogP contribution is -2.40. The maximum Gasteiger partial charge on any atom is 0.244 e. The minimum absolute atomic E-state index is 0.180. The van der Waals surface area contributed by atoms with E-state index in [1.807, 2.05) is 0 Å². The summed E-state index contributed by atoms with van der Waals surface area (Å²) < 4.78 is 0. The highest BCUT2D eigenvalue weighted by molar-refractivity contribution is 6.05. The van der Waals surface area contributed by atoms with E-state index < -0.39 is 0 Å². The summed E-state index contributed by atoms with van der Waals surface area (Å²) in [6.07, 6.45) is 0.275. The molecule has 1 unspecified atom stereocenters. The highest BCUT2D eigenvalue weighted by Crippen LogP contribution is 2.00. The average molecular weight is 213 g/mol. The molecule has 1 aliphatic heterocycles. The molecule has 2 amide bonds. The number of nitrogens with zero attached hydrogens (tertiary/aromatic N) is 1. The molecule has 1 fully saturated rings. The first-order valence-corrected chi connectivity index (χ1v) is 5.46. The number of carbonyl (C=O) groups is 2. The number of carbonyl (C=O) groups excluding carboxylic acids is 2. The maximum absolute atomic E-state index is 11.2. The van der Waals surface area contributed by atoms with Crippen molar-refractivity contribution < 1.29 is 9.59 Å². The molecule has 0 aromatic heterocycles. The summed E-state index contributed by atoms with van der Waals surface area (Å²) >= 11 is 0. The zero-order chi connectivity index (χ0) is 11.3.